The number of carbonyl (C=O) groups is 9. The lowest BCUT2D eigenvalue weighted by atomic mass is 9.99. The number of nitrogens with two attached hydrogens (primary N) is 3. The van der Waals surface area contributed by atoms with E-state index in [9.17, 15) is 56.6 Å². The fourth-order valence-corrected chi connectivity index (χ4v) is 12.4. The number of phenols is 1. The number of benzene rings is 6. The third-order valence-electron chi connectivity index (χ3n) is 15.1. The van der Waals surface area contributed by atoms with Gasteiger partial charge in [-0.1, -0.05) is 151 Å². The van der Waals surface area contributed by atoms with Gasteiger partial charge >= 0.3 is 12.1 Å². The molecule has 27 heteroatoms. The van der Waals surface area contributed by atoms with Crippen LogP contribution in [0.5, 0.6) is 5.75 Å². The number of phenolic OH excluding ortho intramolecular Hbond substituents is 1. The molecule has 8 atom stereocenters. The van der Waals surface area contributed by atoms with E-state index in [1.54, 1.807) is 32.2 Å². The minimum Gasteiger partial charge on any atom is -0.508 e. The van der Waals surface area contributed by atoms with Crippen LogP contribution in [-0.2, 0) is 68.8 Å². The number of H-pyrrole nitrogens is 1. The number of primary amides is 1. The van der Waals surface area contributed by atoms with Crippen molar-refractivity contribution in [3.8, 4) is 5.75 Å². The number of carboxylic acids is 1. The highest BCUT2D eigenvalue weighted by molar-refractivity contribution is 8.76. The van der Waals surface area contributed by atoms with Gasteiger partial charge in [-0.25, -0.2) is 4.79 Å². The van der Waals surface area contributed by atoms with Gasteiger partial charge in [0.15, 0.2) is 0 Å². The molecule has 6 aromatic carbocycles. The van der Waals surface area contributed by atoms with Crippen molar-refractivity contribution >= 4 is 107 Å². The maximum Gasteiger partial charge on any atom is 0.490 e. The highest BCUT2D eigenvalue weighted by Crippen LogP contribution is 2.26. The first-order chi connectivity index (χ1) is 43.9. The molecule has 1 aromatic heterocycles. The quantitative estimate of drug-likeness (QED) is 0.0416. The second kappa shape index (κ2) is 33.2. The molecule has 0 spiro atoms. The summed E-state index contributed by atoms with van der Waals surface area (Å²) in [6.07, 6.45) is -2.52. The molecule has 22 nitrogen and oxygen atoms in total. The number of rotatable bonds is 18. The van der Waals surface area contributed by atoms with Crippen molar-refractivity contribution in [3.05, 3.63) is 162 Å². The lowest BCUT2D eigenvalue weighted by molar-refractivity contribution is -0.192. The lowest BCUT2D eigenvalue weighted by Gasteiger charge is -2.29. The summed E-state index contributed by atoms with van der Waals surface area (Å²) in [5.41, 5.74) is 21.8. The van der Waals surface area contributed by atoms with E-state index in [0.29, 0.717) is 29.5 Å². The Labute approximate surface area is 535 Å². The third-order valence-corrected chi connectivity index (χ3v) is 17.6. The number of carboxylic acid groups (broad SMARTS) is 1. The summed E-state index contributed by atoms with van der Waals surface area (Å²) in [4.78, 5) is 128. The molecule has 1 aliphatic rings. The van der Waals surface area contributed by atoms with Crippen molar-refractivity contribution in [1.82, 2.24) is 42.2 Å². The average Bonchev–Trinajstić information content (AvgIpc) is 1.79. The Kier molecular flexibility index (Phi) is 25.4. The summed E-state index contributed by atoms with van der Waals surface area (Å²) in [6.45, 7) is 3.69. The van der Waals surface area contributed by atoms with Gasteiger partial charge in [-0.15, -0.1) is 0 Å². The Bertz CT molecular complexity index is 3760. The number of amides is 8. The van der Waals surface area contributed by atoms with Gasteiger partial charge in [0, 0.05) is 47.9 Å². The minimum atomic E-state index is -5.08. The van der Waals surface area contributed by atoms with Gasteiger partial charge in [0.1, 0.15) is 48.0 Å². The van der Waals surface area contributed by atoms with Gasteiger partial charge in [-0.3, -0.25) is 38.4 Å². The van der Waals surface area contributed by atoms with Crippen molar-refractivity contribution in [3.63, 3.8) is 0 Å². The second-order valence-corrected chi connectivity index (χ2v) is 25.0. The smallest absolute Gasteiger partial charge is 0.490 e. The lowest BCUT2D eigenvalue weighted by Crippen LogP contribution is -2.61. The molecule has 0 unspecified atom stereocenters. The van der Waals surface area contributed by atoms with Crippen molar-refractivity contribution in [2.24, 2.45) is 23.1 Å². The highest BCUT2D eigenvalue weighted by atomic mass is 33.1. The summed E-state index contributed by atoms with van der Waals surface area (Å²) in [5, 5.41) is 41.6. The number of aliphatic carboxylic acids is 1. The second-order valence-electron chi connectivity index (χ2n) is 22.5. The van der Waals surface area contributed by atoms with Gasteiger partial charge < -0.3 is 69.6 Å². The van der Waals surface area contributed by atoms with Crippen LogP contribution in [0.2, 0.25) is 0 Å². The molecule has 0 bridgehead atoms. The molecule has 488 valence electrons. The van der Waals surface area contributed by atoms with Crippen LogP contribution in [-0.4, -0.2) is 141 Å². The molecular formula is C65H74F3N11O11S2. The van der Waals surface area contributed by atoms with E-state index in [4.69, 9.17) is 27.1 Å². The van der Waals surface area contributed by atoms with Crippen LogP contribution in [0.4, 0.5) is 13.2 Å². The van der Waals surface area contributed by atoms with Gasteiger partial charge in [-0.05, 0) is 100 Å². The van der Waals surface area contributed by atoms with Gasteiger partial charge in [-0.2, -0.15) is 13.2 Å². The first kappa shape index (κ1) is 70.3. The maximum absolute atomic E-state index is 15.0. The Hall–Kier alpha value is -9.18. The van der Waals surface area contributed by atoms with Crippen molar-refractivity contribution in [2.45, 2.75) is 113 Å². The van der Waals surface area contributed by atoms with E-state index in [1.165, 1.54) is 12.1 Å². The number of aromatic amines is 1. The van der Waals surface area contributed by atoms with Gasteiger partial charge in [0.05, 0.1) is 6.04 Å². The number of aromatic nitrogens is 1. The Morgan fingerprint density at radius 3 is 1.77 bits per heavy atom. The zero-order chi connectivity index (χ0) is 66.6. The number of carbonyl (C=O) groups excluding carboxylic acids is 8. The van der Waals surface area contributed by atoms with Crippen LogP contribution < -0.4 is 54.4 Å². The Morgan fingerprint density at radius 1 is 0.641 bits per heavy atom. The fraction of sp³-hybridized carbons (Fsp3) is 0.338. The van der Waals surface area contributed by atoms with Crippen molar-refractivity contribution < 1.29 is 66.5 Å². The molecule has 0 saturated carbocycles. The number of alkyl halides is 3. The molecule has 0 aliphatic carbocycles. The SMILES string of the molecule is CC(C)[C@@H]1NC(=O)[C@H](CCCCN)NC(=O)[C@@H](Cc2c[nH]c3ccccc23)NC(=O)[C@H](Cc2ccc(O)cc2)NC(=O)[C@@H](NC(=O)[C@H](N)Cc2ccc3ccccc3c2)CSSC[C@@H](C(=O)N[C@@H](Cc2ccc3ccccc3c2)C(N)=O)NC1=O.O=C(O)C(F)(F)F. The minimum absolute atomic E-state index is 0.0182. The normalized spacial score (nSPS) is 19.6. The molecule has 2 heterocycles. The van der Waals surface area contributed by atoms with E-state index in [2.05, 4.69) is 42.2 Å². The zero-order valence-corrected chi connectivity index (χ0v) is 51.9. The number of para-hydroxylation sites is 1. The fourth-order valence-electron chi connectivity index (χ4n) is 10.1. The van der Waals surface area contributed by atoms with Crippen LogP contribution in [0.25, 0.3) is 32.4 Å². The summed E-state index contributed by atoms with van der Waals surface area (Å²) in [7, 11) is 2.14. The molecule has 92 heavy (non-hydrogen) atoms. The molecular weight excluding hydrogens is 1230 g/mol. The predicted molar refractivity (Wildman–Crippen MR) is 346 cm³/mol. The molecule has 1 fully saturated rings. The molecule has 8 amide bonds. The number of aromatic hydroxyl groups is 1. The average molecular weight is 1310 g/mol. The first-order valence-electron chi connectivity index (χ1n) is 29.6. The topological polar surface area (TPSA) is 372 Å². The van der Waals surface area contributed by atoms with Crippen LogP contribution in [0.1, 0.15) is 55.4 Å². The molecule has 0 radical (unpaired) electrons. The zero-order valence-electron chi connectivity index (χ0n) is 50.3. The first-order valence-corrected chi connectivity index (χ1v) is 32.1. The predicted octanol–water partition coefficient (Wildman–Crippen LogP) is 4.47. The van der Waals surface area contributed by atoms with Gasteiger partial charge in [0.25, 0.3) is 0 Å². The molecule has 7 aromatic rings. The largest absolute Gasteiger partial charge is 0.508 e. The highest BCUT2D eigenvalue weighted by Gasteiger charge is 2.39. The number of hydrogen-bond donors (Lipinski definition) is 13. The molecule has 16 N–H and O–H groups in total. The molecule has 1 aliphatic heterocycles. The molecule has 8 rings (SSSR count). The monoisotopic (exact) mass is 1310 g/mol. The Balaban J connectivity index is 0.00000162. The molecule has 1 saturated heterocycles. The number of fused-ring (bicyclic) bond motifs is 3. The van der Waals surface area contributed by atoms with Gasteiger partial charge in [0.2, 0.25) is 47.3 Å². The number of nitrogens with one attached hydrogen (secondary N) is 8. The van der Waals surface area contributed by atoms with Crippen molar-refractivity contribution in [2.75, 3.05) is 18.1 Å². The van der Waals surface area contributed by atoms with Crippen LogP contribution in [0.15, 0.2) is 140 Å². The van der Waals surface area contributed by atoms with Crippen LogP contribution in [0.3, 0.4) is 0 Å². The van der Waals surface area contributed by atoms with E-state index in [0.717, 1.165) is 59.6 Å². The van der Waals surface area contributed by atoms with Crippen molar-refractivity contribution in [1.29, 1.82) is 0 Å². The maximum atomic E-state index is 15.0. The standard InChI is InChI=1S/C63H73N11O9S2.C2HF3O2/c1-36(2)55-63(83)73-54(61(81)69-50(56(66)76)31-39-19-23-41-12-4-6-14-43(41)28-39)35-85-84-34-53(72-57(77)47(65)29-38-18-22-40-11-3-5-13-42(40)27-38)62(82)70-51(30-37-20-24-45(75)25-21-37)59(79)71-52(32-44-33-67-48-16-8-7-15-46(44)48)60(80)68-49(58(78)74-55)17-9-10-26-64;3-2(4,5)1(6)7/h3-8,11-16,18-25,27-28,33,36,47,49-55,67,75H,9-10,17,26,29-32,34-35,64-65H2,1-2H3,(H2,66,76)(H,68,80)(H,69,81)(H,70,82)(H,71,79)(H,72,77)(H,73,83)(H,74,78);(H,6,7)/t47-,49+,50+,51+,52-,53+,54+,55+;/m1./s1. The Morgan fingerprint density at radius 2 is 1.17 bits per heavy atom. The van der Waals surface area contributed by atoms with E-state index >= 15 is 0 Å². The van der Waals surface area contributed by atoms with Crippen LogP contribution in [0, 0.1) is 5.92 Å². The van der Waals surface area contributed by atoms with E-state index in [1.807, 2.05) is 109 Å². The third kappa shape index (κ3) is 20.4. The van der Waals surface area contributed by atoms with Crippen LogP contribution >= 0.6 is 21.6 Å². The summed E-state index contributed by atoms with van der Waals surface area (Å²) >= 11 is 0. The summed E-state index contributed by atoms with van der Waals surface area (Å²) in [6, 6.07) is 29.7. The number of hydrogen-bond acceptors (Lipinski definition) is 14. The summed E-state index contributed by atoms with van der Waals surface area (Å²) in [5.74, 6) is -9.84. The number of unbranched alkanes of at least 4 members (excludes halogenated alkanes) is 1. The summed E-state index contributed by atoms with van der Waals surface area (Å²) < 4.78 is 31.7. The number of halogens is 3. The van der Waals surface area contributed by atoms with E-state index < -0.39 is 114 Å². The van der Waals surface area contributed by atoms with E-state index in [-0.39, 0.29) is 55.9 Å².